The predicted molar refractivity (Wildman–Crippen MR) is 131 cm³/mol. The van der Waals surface area contributed by atoms with Crippen molar-refractivity contribution in [2.45, 2.75) is 13.5 Å². The number of aryl methyl sites for hydroxylation is 1. The molecule has 1 saturated heterocycles. The standard InChI is InChI=1S/C23H31ClN8/c1-3-30-9-11-31(12-10-30)13-14-32-23(26)19(22(28-32)18-15-27-29(2)16-18)20(24)21(25)17-7-5-4-6-8-17/h4-8,15-16H,3,9-14,25-26H2,1-2H3/b21-20+. The fourth-order valence-electron chi connectivity index (χ4n) is 4.05. The second-order valence-corrected chi connectivity index (χ2v) is 8.48. The minimum Gasteiger partial charge on any atom is -0.397 e. The number of rotatable bonds is 7. The van der Waals surface area contributed by atoms with Crippen molar-refractivity contribution in [1.29, 1.82) is 0 Å². The van der Waals surface area contributed by atoms with Crippen LogP contribution in [0.2, 0.25) is 0 Å². The average molecular weight is 455 g/mol. The minimum absolute atomic E-state index is 0.398. The van der Waals surface area contributed by atoms with Crippen LogP contribution in [0.5, 0.6) is 0 Å². The van der Waals surface area contributed by atoms with Crippen molar-refractivity contribution in [2.75, 3.05) is 45.0 Å². The van der Waals surface area contributed by atoms with Crippen molar-refractivity contribution >= 4 is 28.1 Å². The zero-order valence-corrected chi connectivity index (χ0v) is 19.5. The molecule has 3 aromatic rings. The highest BCUT2D eigenvalue weighted by molar-refractivity contribution is 6.53. The molecule has 2 aromatic heterocycles. The molecule has 170 valence electrons. The highest BCUT2D eigenvalue weighted by atomic mass is 35.5. The lowest BCUT2D eigenvalue weighted by Crippen LogP contribution is -2.47. The van der Waals surface area contributed by atoms with Crippen LogP contribution in [0.4, 0.5) is 5.82 Å². The fraction of sp³-hybridized carbons (Fsp3) is 0.391. The Hall–Kier alpha value is -2.81. The maximum atomic E-state index is 6.83. The molecule has 0 spiro atoms. The van der Waals surface area contributed by atoms with E-state index in [4.69, 9.17) is 28.2 Å². The lowest BCUT2D eigenvalue weighted by atomic mass is 10.1. The van der Waals surface area contributed by atoms with Crippen LogP contribution in [-0.2, 0) is 13.6 Å². The van der Waals surface area contributed by atoms with Crippen LogP contribution in [0.25, 0.3) is 22.0 Å². The summed E-state index contributed by atoms with van der Waals surface area (Å²) in [5, 5.41) is 9.52. The summed E-state index contributed by atoms with van der Waals surface area (Å²) < 4.78 is 3.57. The highest BCUT2D eigenvalue weighted by Crippen LogP contribution is 2.37. The number of hydrogen-bond acceptors (Lipinski definition) is 6. The van der Waals surface area contributed by atoms with E-state index >= 15 is 0 Å². The molecule has 0 bridgehead atoms. The van der Waals surface area contributed by atoms with Crippen LogP contribution in [0.1, 0.15) is 18.1 Å². The van der Waals surface area contributed by atoms with E-state index in [1.165, 1.54) is 0 Å². The first-order chi connectivity index (χ1) is 15.5. The molecule has 32 heavy (non-hydrogen) atoms. The van der Waals surface area contributed by atoms with Crippen LogP contribution in [-0.4, -0.2) is 68.6 Å². The van der Waals surface area contributed by atoms with Gasteiger partial charge in [-0.2, -0.15) is 10.2 Å². The Bertz CT molecular complexity index is 1080. The largest absolute Gasteiger partial charge is 0.397 e. The molecule has 3 heterocycles. The Labute approximate surface area is 194 Å². The fourth-order valence-corrected chi connectivity index (χ4v) is 4.35. The van der Waals surface area contributed by atoms with Gasteiger partial charge in [0.15, 0.2) is 0 Å². The summed E-state index contributed by atoms with van der Waals surface area (Å²) in [6.45, 7) is 9.17. The van der Waals surface area contributed by atoms with Gasteiger partial charge in [0.1, 0.15) is 11.5 Å². The molecule has 0 aliphatic carbocycles. The smallest absolute Gasteiger partial charge is 0.131 e. The first-order valence-electron chi connectivity index (χ1n) is 11.0. The normalized spacial score (nSPS) is 16.3. The number of nitrogens with zero attached hydrogens (tertiary/aromatic N) is 6. The molecule has 9 heteroatoms. The Morgan fingerprint density at radius 1 is 1.06 bits per heavy atom. The molecule has 0 unspecified atom stereocenters. The number of halogens is 1. The van der Waals surface area contributed by atoms with E-state index in [0.717, 1.165) is 50.4 Å². The van der Waals surface area contributed by atoms with Gasteiger partial charge in [-0.25, -0.2) is 4.68 Å². The summed E-state index contributed by atoms with van der Waals surface area (Å²) in [7, 11) is 1.87. The van der Waals surface area contributed by atoms with E-state index in [1.54, 1.807) is 10.9 Å². The molecule has 0 atom stereocenters. The van der Waals surface area contributed by atoms with Gasteiger partial charge in [-0.05, 0) is 12.1 Å². The van der Waals surface area contributed by atoms with Crippen LogP contribution in [0.3, 0.4) is 0 Å². The Morgan fingerprint density at radius 2 is 1.75 bits per heavy atom. The van der Waals surface area contributed by atoms with Crippen LogP contribution >= 0.6 is 11.6 Å². The van der Waals surface area contributed by atoms with Gasteiger partial charge in [-0.3, -0.25) is 9.58 Å². The molecule has 0 amide bonds. The van der Waals surface area contributed by atoms with Gasteiger partial charge in [0.2, 0.25) is 0 Å². The number of aromatic nitrogens is 4. The summed E-state index contributed by atoms with van der Waals surface area (Å²) in [5.41, 5.74) is 16.5. The van der Waals surface area contributed by atoms with Gasteiger partial charge in [0, 0.05) is 51.5 Å². The lowest BCUT2D eigenvalue weighted by Gasteiger charge is -2.33. The molecular formula is C23H31ClN8. The summed E-state index contributed by atoms with van der Waals surface area (Å²) in [5.74, 6) is 0.514. The van der Waals surface area contributed by atoms with E-state index in [-0.39, 0.29) is 0 Å². The number of anilines is 1. The molecule has 8 nitrogen and oxygen atoms in total. The van der Waals surface area contributed by atoms with Gasteiger partial charge in [0.25, 0.3) is 0 Å². The maximum Gasteiger partial charge on any atom is 0.131 e. The van der Waals surface area contributed by atoms with Crippen molar-refractivity contribution in [2.24, 2.45) is 12.8 Å². The van der Waals surface area contributed by atoms with Crippen molar-refractivity contribution in [3.63, 3.8) is 0 Å². The molecule has 0 saturated carbocycles. The molecule has 1 aliphatic rings. The second kappa shape index (κ2) is 9.77. The van der Waals surface area contributed by atoms with Gasteiger partial charge < -0.3 is 16.4 Å². The predicted octanol–water partition coefficient (Wildman–Crippen LogP) is 2.53. The number of hydrogen-bond donors (Lipinski definition) is 2. The second-order valence-electron chi connectivity index (χ2n) is 8.10. The highest BCUT2D eigenvalue weighted by Gasteiger charge is 2.23. The third-order valence-corrected chi connectivity index (χ3v) is 6.44. The van der Waals surface area contributed by atoms with Crippen molar-refractivity contribution in [1.82, 2.24) is 29.4 Å². The summed E-state index contributed by atoms with van der Waals surface area (Å²) in [4.78, 5) is 4.92. The summed E-state index contributed by atoms with van der Waals surface area (Å²) in [6.07, 6.45) is 3.67. The summed E-state index contributed by atoms with van der Waals surface area (Å²) in [6, 6.07) is 9.66. The van der Waals surface area contributed by atoms with E-state index in [9.17, 15) is 0 Å². The van der Waals surface area contributed by atoms with Gasteiger partial charge in [-0.1, -0.05) is 48.9 Å². The number of likely N-dealkylation sites (N-methyl/N-ethyl adjacent to an activating group) is 1. The van der Waals surface area contributed by atoms with E-state index in [1.807, 2.05) is 48.3 Å². The Kier molecular flexibility index (Phi) is 6.83. The summed E-state index contributed by atoms with van der Waals surface area (Å²) >= 11 is 6.83. The van der Waals surface area contributed by atoms with E-state index in [0.29, 0.717) is 34.3 Å². The SMILES string of the molecule is CCN1CCN(CCn2nc(-c3cnn(C)c3)c(/C(Cl)=C(\N)c3ccccc3)c2N)CC1. The third-order valence-electron chi connectivity index (χ3n) is 6.05. The zero-order chi connectivity index (χ0) is 22.7. The number of benzene rings is 1. The molecule has 4 N–H and O–H groups in total. The van der Waals surface area contributed by atoms with Crippen molar-refractivity contribution in [3.8, 4) is 11.3 Å². The van der Waals surface area contributed by atoms with Gasteiger partial charge in [-0.15, -0.1) is 0 Å². The first-order valence-corrected chi connectivity index (χ1v) is 11.4. The van der Waals surface area contributed by atoms with Crippen molar-refractivity contribution < 1.29 is 0 Å². The van der Waals surface area contributed by atoms with Crippen LogP contribution in [0, 0.1) is 0 Å². The topological polar surface area (TPSA) is 94.2 Å². The quantitative estimate of drug-likeness (QED) is 0.569. The molecule has 1 aliphatic heterocycles. The molecular weight excluding hydrogens is 424 g/mol. The number of piperazine rings is 1. The minimum atomic E-state index is 0.398. The molecule has 0 radical (unpaired) electrons. The monoisotopic (exact) mass is 454 g/mol. The molecule has 4 rings (SSSR count). The van der Waals surface area contributed by atoms with E-state index < -0.39 is 0 Å². The third kappa shape index (κ3) is 4.67. The van der Waals surface area contributed by atoms with Crippen LogP contribution < -0.4 is 11.5 Å². The lowest BCUT2D eigenvalue weighted by molar-refractivity contribution is 0.133. The number of nitrogen functional groups attached to an aromatic ring is 1. The molecule has 1 fully saturated rings. The molecule has 1 aromatic carbocycles. The Morgan fingerprint density at radius 3 is 2.38 bits per heavy atom. The van der Waals surface area contributed by atoms with E-state index in [2.05, 4.69) is 21.8 Å². The number of nitrogens with two attached hydrogens (primary N) is 2. The average Bonchev–Trinajstić information content (AvgIpc) is 3.40. The van der Waals surface area contributed by atoms with Gasteiger partial charge >= 0.3 is 0 Å². The Balaban J connectivity index is 1.65. The maximum absolute atomic E-state index is 6.83. The van der Waals surface area contributed by atoms with Gasteiger partial charge in [0.05, 0.1) is 29.0 Å². The first kappa shape index (κ1) is 22.4. The van der Waals surface area contributed by atoms with Crippen molar-refractivity contribution in [3.05, 3.63) is 53.9 Å². The van der Waals surface area contributed by atoms with Crippen LogP contribution in [0.15, 0.2) is 42.7 Å². The zero-order valence-electron chi connectivity index (χ0n) is 18.7.